The number of aryl methyl sites for hydroxylation is 1. The lowest BCUT2D eigenvalue weighted by Gasteiger charge is -2.00. The molecule has 2 aromatic rings. The van der Waals surface area contributed by atoms with Crippen molar-refractivity contribution in [1.82, 2.24) is 0 Å². The van der Waals surface area contributed by atoms with Gasteiger partial charge in [0.2, 0.25) is 0 Å². The van der Waals surface area contributed by atoms with Gasteiger partial charge < -0.3 is 0 Å². The Morgan fingerprint density at radius 2 is 1.77 bits per heavy atom. The minimum atomic E-state index is 1.06. The first-order valence-corrected chi connectivity index (χ1v) is 4.32. The summed E-state index contributed by atoms with van der Waals surface area (Å²) < 4.78 is 0. The second-order valence-corrected chi connectivity index (χ2v) is 3.01. The summed E-state index contributed by atoms with van der Waals surface area (Å²) >= 11 is 0. The lowest BCUT2D eigenvalue weighted by atomic mass is 10.0. The molecule has 62 valence electrons. The monoisotopic (exact) mass is 166 g/mol. The van der Waals surface area contributed by atoms with Gasteiger partial charge in [0.15, 0.2) is 0 Å². The van der Waals surface area contributed by atoms with Crippen LogP contribution in [0.5, 0.6) is 0 Å². The van der Waals surface area contributed by atoms with Gasteiger partial charge >= 0.3 is 0 Å². The Kier molecular flexibility index (Phi) is 2.13. The fourth-order valence-electron chi connectivity index (χ4n) is 1.32. The van der Waals surface area contributed by atoms with Crippen molar-refractivity contribution < 1.29 is 0 Å². The molecule has 0 fully saturated rings. The predicted molar refractivity (Wildman–Crippen MR) is 54.3 cm³/mol. The zero-order valence-electron chi connectivity index (χ0n) is 7.54. The molecule has 0 amide bonds. The van der Waals surface area contributed by atoms with E-state index in [9.17, 15) is 0 Å². The van der Waals surface area contributed by atoms with Crippen molar-refractivity contribution in [2.24, 2.45) is 0 Å². The molecular formula is C13H10. The molecule has 0 saturated heterocycles. The van der Waals surface area contributed by atoms with Crippen molar-refractivity contribution in [3.05, 3.63) is 60.2 Å². The van der Waals surface area contributed by atoms with Crippen LogP contribution in [0.3, 0.4) is 0 Å². The molecule has 0 heteroatoms. The molecule has 0 spiro atoms. The smallest absolute Gasteiger partial charge is 0.00608 e. The third kappa shape index (κ3) is 1.78. The normalized spacial score (nSPS) is 9.92. The van der Waals surface area contributed by atoms with Crippen molar-refractivity contribution in [2.75, 3.05) is 0 Å². The van der Waals surface area contributed by atoms with E-state index in [0.29, 0.717) is 0 Å². The summed E-state index contributed by atoms with van der Waals surface area (Å²) in [5.74, 6) is 0. The highest BCUT2D eigenvalue weighted by molar-refractivity contribution is 5.62. The van der Waals surface area contributed by atoms with E-state index in [1.807, 2.05) is 37.3 Å². The van der Waals surface area contributed by atoms with Crippen LogP contribution in [0.4, 0.5) is 0 Å². The minimum absolute atomic E-state index is 1.06. The van der Waals surface area contributed by atoms with Crippen LogP contribution in [0.2, 0.25) is 0 Å². The maximum atomic E-state index is 3.27. The van der Waals surface area contributed by atoms with Gasteiger partial charge in [0.05, 0.1) is 0 Å². The average Bonchev–Trinajstić information content (AvgIpc) is 2.19. The van der Waals surface area contributed by atoms with Crippen LogP contribution in [-0.4, -0.2) is 0 Å². The van der Waals surface area contributed by atoms with Crippen LogP contribution < -0.4 is 0 Å². The second kappa shape index (κ2) is 3.44. The van der Waals surface area contributed by atoms with E-state index in [0.717, 1.165) is 11.1 Å². The summed E-state index contributed by atoms with van der Waals surface area (Å²) in [5, 5.41) is 0. The number of benzene rings is 2. The van der Waals surface area contributed by atoms with Crippen molar-refractivity contribution in [2.45, 2.75) is 6.92 Å². The van der Waals surface area contributed by atoms with Crippen molar-refractivity contribution >= 4 is 0 Å². The molecule has 13 heavy (non-hydrogen) atoms. The van der Waals surface area contributed by atoms with Gasteiger partial charge in [-0.15, -0.1) is 0 Å². The minimum Gasteiger partial charge on any atom is -0.0622 e. The molecule has 0 unspecified atom stereocenters. The third-order valence-corrected chi connectivity index (χ3v) is 1.96. The molecule has 0 aliphatic heterocycles. The Labute approximate surface area is 78.9 Å². The van der Waals surface area contributed by atoms with E-state index in [1.165, 1.54) is 5.56 Å². The molecular weight excluding hydrogens is 156 g/mol. The highest BCUT2D eigenvalue weighted by atomic mass is 14.0. The fraction of sp³-hybridized carbons (Fsp3) is 0.0769. The molecule has 0 aromatic heterocycles. The van der Waals surface area contributed by atoms with Crippen LogP contribution >= 0.6 is 0 Å². The lowest BCUT2D eigenvalue weighted by Crippen LogP contribution is -1.78. The second-order valence-electron chi connectivity index (χ2n) is 3.01. The van der Waals surface area contributed by atoms with E-state index < -0.39 is 0 Å². The van der Waals surface area contributed by atoms with Gasteiger partial charge in [-0.05, 0) is 35.7 Å². The molecule has 0 saturated carbocycles. The summed E-state index contributed by atoms with van der Waals surface area (Å²) in [6.07, 6.45) is 0. The molecule has 2 rings (SSSR count). The fourth-order valence-corrected chi connectivity index (χ4v) is 1.32. The highest BCUT2D eigenvalue weighted by Gasteiger charge is 1.95. The molecule has 0 bridgehead atoms. The number of hydrogen-bond acceptors (Lipinski definition) is 0. The zero-order chi connectivity index (χ0) is 9.10. The van der Waals surface area contributed by atoms with Crippen molar-refractivity contribution in [3.63, 3.8) is 0 Å². The lowest BCUT2D eigenvalue weighted by molar-refractivity contribution is 1.44. The van der Waals surface area contributed by atoms with Gasteiger partial charge in [0, 0.05) is 0 Å². The van der Waals surface area contributed by atoms with E-state index in [2.05, 4.69) is 24.3 Å². The molecule has 0 heterocycles. The standard InChI is InChI=1S/C13H10/c1-11-6-5-9-13(10-11)12-7-3-2-4-8-12/h2-5,7-9H,1H3. The molecule has 0 aliphatic carbocycles. The summed E-state index contributed by atoms with van der Waals surface area (Å²) in [5.41, 5.74) is 3.40. The molecule has 0 nitrogen and oxygen atoms in total. The van der Waals surface area contributed by atoms with Crippen LogP contribution in [0.15, 0.2) is 42.5 Å². The third-order valence-electron chi connectivity index (χ3n) is 1.96. The largest absolute Gasteiger partial charge is 0.0622 e. The first kappa shape index (κ1) is 8.06. The SMILES string of the molecule is Cc1[c]ccc(-c2ccccc2)[c]1. The Morgan fingerprint density at radius 1 is 1.00 bits per heavy atom. The van der Waals surface area contributed by atoms with E-state index in [4.69, 9.17) is 0 Å². The number of rotatable bonds is 1. The zero-order valence-corrected chi connectivity index (χ0v) is 7.54. The predicted octanol–water partition coefficient (Wildman–Crippen LogP) is 3.26. The summed E-state index contributed by atoms with van der Waals surface area (Å²) in [6, 6.07) is 20.6. The van der Waals surface area contributed by atoms with Gasteiger partial charge in [-0.1, -0.05) is 42.5 Å². The van der Waals surface area contributed by atoms with Crippen LogP contribution in [-0.2, 0) is 0 Å². The van der Waals surface area contributed by atoms with Gasteiger partial charge in [-0.2, -0.15) is 0 Å². The summed E-state index contributed by atoms with van der Waals surface area (Å²) in [4.78, 5) is 0. The van der Waals surface area contributed by atoms with E-state index in [1.54, 1.807) is 0 Å². The Hall–Kier alpha value is -1.56. The van der Waals surface area contributed by atoms with Crippen LogP contribution in [0.1, 0.15) is 5.56 Å². The maximum Gasteiger partial charge on any atom is -0.00608 e. The first-order chi connectivity index (χ1) is 6.36. The Bertz CT molecular complexity index is 388. The maximum absolute atomic E-state index is 3.27. The Balaban J connectivity index is 2.48. The van der Waals surface area contributed by atoms with Crippen LogP contribution in [0, 0.1) is 19.1 Å². The van der Waals surface area contributed by atoms with Crippen molar-refractivity contribution in [1.29, 1.82) is 0 Å². The molecule has 2 radical (unpaired) electrons. The molecule has 2 aromatic carbocycles. The summed E-state index contributed by atoms with van der Waals surface area (Å²) in [7, 11) is 0. The quantitative estimate of drug-likeness (QED) is 0.610. The van der Waals surface area contributed by atoms with Gasteiger partial charge in [-0.3, -0.25) is 0 Å². The highest BCUT2D eigenvalue weighted by Crippen LogP contribution is 2.18. The molecule has 0 atom stereocenters. The van der Waals surface area contributed by atoms with E-state index >= 15 is 0 Å². The average molecular weight is 166 g/mol. The molecule has 0 aliphatic rings. The van der Waals surface area contributed by atoms with Crippen LogP contribution in [0.25, 0.3) is 11.1 Å². The summed E-state index contributed by atoms with van der Waals surface area (Å²) in [6.45, 7) is 2.01. The van der Waals surface area contributed by atoms with E-state index in [-0.39, 0.29) is 0 Å². The van der Waals surface area contributed by atoms with Gasteiger partial charge in [0.25, 0.3) is 0 Å². The molecule has 0 N–H and O–H groups in total. The number of hydrogen-bond donors (Lipinski definition) is 0. The topological polar surface area (TPSA) is 0 Å². The van der Waals surface area contributed by atoms with Gasteiger partial charge in [0.1, 0.15) is 0 Å². The first-order valence-electron chi connectivity index (χ1n) is 4.32. The Morgan fingerprint density at radius 3 is 2.46 bits per heavy atom. The van der Waals surface area contributed by atoms with Crippen molar-refractivity contribution in [3.8, 4) is 11.1 Å². The van der Waals surface area contributed by atoms with Gasteiger partial charge in [-0.25, -0.2) is 0 Å².